The molecule has 9 heteroatoms. The number of carbonyl (C=O) groups is 1. The van der Waals surface area contributed by atoms with Crippen molar-refractivity contribution in [2.75, 3.05) is 19.8 Å². The summed E-state index contributed by atoms with van der Waals surface area (Å²) >= 11 is 0. The lowest BCUT2D eigenvalue weighted by Gasteiger charge is -2.30. The first-order chi connectivity index (χ1) is 12.7. The van der Waals surface area contributed by atoms with E-state index in [1.54, 1.807) is 6.07 Å². The zero-order valence-corrected chi connectivity index (χ0v) is 14.6. The Balaban J connectivity index is 2.21. The molecule has 0 saturated carbocycles. The summed E-state index contributed by atoms with van der Waals surface area (Å²) in [5.74, 6) is -1.31. The number of hydrogen-bond acceptors (Lipinski definition) is 4. The van der Waals surface area contributed by atoms with Crippen LogP contribution >= 0.6 is 0 Å². The van der Waals surface area contributed by atoms with Gasteiger partial charge >= 0.3 is 6.18 Å². The fraction of sp³-hybridized carbons (Fsp3) is 0.444. The van der Waals surface area contributed by atoms with Crippen molar-refractivity contribution >= 4 is 11.6 Å². The molecule has 1 amide bonds. The van der Waals surface area contributed by atoms with E-state index in [1.165, 1.54) is 23.1 Å². The second-order valence-electron chi connectivity index (χ2n) is 6.34. The van der Waals surface area contributed by atoms with E-state index >= 15 is 0 Å². The summed E-state index contributed by atoms with van der Waals surface area (Å²) in [7, 11) is 0. The number of nitrogens with zero attached hydrogens (tertiary/aromatic N) is 1. The van der Waals surface area contributed by atoms with Gasteiger partial charge < -0.3 is 15.4 Å². The number of carbonyl (C=O) groups excluding carboxylic acids is 1. The summed E-state index contributed by atoms with van der Waals surface area (Å²) in [5.41, 5.74) is 3.33. The molecule has 0 aromatic heterocycles. The summed E-state index contributed by atoms with van der Waals surface area (Å²) in [5, 5.41) is 6.98. The number of hydrogen-bond donors (Lipinski definition) is 2. The molecule has 0 aliphatic carbocycles. The van der Waals surface area contributed by atoms with Crippen LogP contribution in [0.5, 0.6) is 0 Å². The van der Waals surface area contributed by atoms with Crippen molar-refractivity contribution in [1.82, 2.24) is 4.90 Å². The number of allylic oxidation sites excluding steroid dienone is 1. The SMILES string of the molecule is N=C(/C=C(\N)C(=O)N(Cc1ccccc1F)CC1CCOCC1)C(F)(F)F. The van der Waals surface area contributed by atoms with Gasteiger partial charge in [-0.3, -0.25) is 10.2 Å². The Bertz CT molecular complexity index is 713. The number of alkyl halides is 3. The van der Waals surface area contributed by atoms with E-state index in [2.05, 4.69) is 0 Å². The van der Waals surface area contributed by atoms with E-state index in [1.807, 2.05) is 0 Å². The lowest BCUT2D eigenvalue weighted by atomic mass is 9.99. The largest absolute Gasteiger partial charge is 0.432 e. The highest BCUT2D eigenvalue weighted by Gasteiger charge is 2.34. The van der Waals surface area contributed by atoms with Crippen LogP contribution in [0.25, 0.3) is 0 Å². The van der Waals surface area contributed by atoms with Gasteiger partial charge in [0.05, 0.1) is 5.70 Å². The van der Waals surface area contributed by atoms with Crippen LogP contribution in [0.3, 0.4) is 0 Å². The van der Waals surface area contributed by atoms with Gasteiger partial charge in [0.15, 0.2) is 0 Å². The van der Waals surface area contributed by atoms with Gasteiger partial charge in [0.1, 0.15) is 11.5 Å². The molecule has 0 atom stereocenters. The number of rotatable bonds is 6. The van der Waals surface area contributed by atoms with Gasteiger partial charge in [-0.05, 0) is 30.9 Å². The zero-order valence-electron chi connectivity index (χ0n) is 14.6. The summed E-state index contributed by atoms with van der Waals surface area (Å²) < 4.78 is 56.8. The van der Waals surface area contributed by atoms with Gasteiger partial charge in [-0.15, -0.1) is 0 Å². The minimum atomic E-state index is -4.90. The molecule has 27 heavy (non-hydrogen) atoms. The molecule has 0 spiro atoms. The highest BCUT2D eigenvalue weighted by Crippen LogP contribution is 2.21. The molecule has 0 unspecified atom stereocenters. The summed E-state index contributed by atoms with van der Waals surface area (Å²) in [4.78, 5) is 13.8. The number of nitrogens with two attached hydrogens (primary N) is 1. The van der Waals surface area contributed by atoms with Gasteiger partial charge in [0.2, 0.25) is 0 Å². The maximum absolute atomic E-state index is 14.0. The number of nitrogens with one attached hydrogen (secondary N) is 1. The molecule has 3 N–H and O–H groups in total. The Hall–Kier alpha value is -2.42. The maximum atomic E-state index is 14.0. The Morgan fingerprint density at radius 1 is 1.30 bits per heavy atom. The Labute approximate surface area is 154 Å². The summed E-state index contributed by atoms with van der Waals surface area (Å²) in [6, 6.07) is 5.85. The monoisotopic (exact) mass is 387 g/mol. The van der Waals surface area contributed by atoms with Gasteiger partial charge in [0.25, 0.3) is 5.91 Å². The van der Waals surface area contributed by atoms with Crippen LogP contribution in [0.1, 0.15) is 18.4 Å². The zero-order chi connectivity index (χ0) is 20.0. The Morgan fingerprint density at radius 2 is 1.93 bits per heavy atom. The van der Waals surface area contributed by atoms with Crippen LogP contribution in [0, 0.1) is 17.1 Å². The summed E-state index contributed by atoms with van der Waals surface area (Å²) in [6.45, 7) is 1.13. The van der Waals surface area contributed by atoms with Crippen molar-refractivity contribution in [3.63, 3.8) is 0 Å². The average Bonchev–Trinajstić information content (AvgIpc) is 2.62. The van der Waals surface area contributed by atoms with Crippen LogP contribution in [0.15, 0.2) is 36.0 Å². The molecule has 1 aliphatic rings. The van der Waals surface area contributed by atoms with Crippen molar-refractivity contribution < 1.29 is 27.1 Å². The van der Waals surface area contributed by atoms with Gasteiger partial charge in [0, 0.05) is 31.9 Å². The van der Waals surface area contributed by atoms with Crippen LogP contribution in [-0.4, -0.2) is 42.5 Å². The van der Waals surface area contributed by atoms with E-state index < -0.39 is 29.3 Å². The van der Waals surface area contributed by atoms with Crippen molar-refractivity contribution in [3.8, 4) is 0 Å². The molecule has 1 heterocycles. The van der Waals surface area contributed by atoms with E-state index in [9.17, 15) is 22.4 Å². The summed E-state index contributed by atoms with van der Waals surface area (Å²) in [6.07, 6.45) is -3.24. The molecule has 0 radical (unpaired) electrons. The highest BCUT2D eigenvalue weighted by atomic mass is 19.4. The van der Waals surface area contributed by atoms with Crippen molar-refractivity contribution in [2.45, 2.75) is 25.6 Å². The topological polar surface area (TPSA) is 79.4 Å². The van der Waals surface area contributed by atoms with Crippen molar-refractivity contribution in [3.05, 3.63) is 47.4 Å². The second kappa shape index (κ2) is 8.98. The first-order valence-corrected chi connectivity index (χ1v) is 8.42. The molecule has 1 aromatic rings. The predicted molar refractivity (Wildman–Crippen MR) is 91.4 cm³/mol. The van der Waals surface area contributed by atoms with Crippen LogP contribution in [-0.2, 0) is 16.1 Å². The quantitative estimate of drug-likeness (QED) is 0.447. The average molecular weight is 387 g/mol. The van der Waals surface area contributed by atoms with Gasteiger partial charge in [-0.25, -0.2) is 4.39 Å². The van der Waals surface area contributed by atoms with E-state index in [4.69, 9.17) is 15.9 Å². The lowest BCUT2D eigenvalue weighted by molar-refractivity contribution is -0.129. The van der Waals surface area contributed by atoms with Crippen LogP contribution < -0.4 is 5.73 Å². The first-order valence-electron chi connectivity index (χ1n) is 8.42. The smallest absolute Gasteiger partial charge is 0.394 e. The van der Waals surface area contributed by atoms with Crippen LogP contribution in [0.2, 0.25) is 0 Å². The minimum Gasteiger partial charge on any atom is -0.394 e. The second-order valence-corrected chi connectivity index (χ2v) is 6.34. The molecule has 1 aliphatic heterocycles. The predicted octanol–water partition coefficient (Wildman–Crippen LogP) is 3.01. The number of amides is 1. The van der Waals surface area contributed by atoms with Crippen molar-refractivity contribution in [2.24, 2.45) is 11.7 Å². The molecule has 1 aromatic carbocycles. The fourth-order valence-corrected chi connectivity index (χ4v) is 2.77. The molecular formula is C18H21F4N3O2. The van der Waals surface area contributed by atoms with Gasteiger partial charge in [-0.1, -0.05) is 18.2 Å². The fourth-order valence-electron chi connectivity index (χ4n) is 2.77. The van der Waals surface area contributed by atoms with E-state index in [-0.39, 0.29) is 24.6 Å². The van der Waals surface area contributed by atoms with Crippen LogP contribution in [0.4, 0.5) is 17.6 Å². The molecule has 0 bridgehead atoms. The molecule has 148 valence electrons. The Kier molecular flexibility index (Phi) is 6.95. The number of ether oxygens (including phenoxy) is 1. The number of benzene rings is 1. The molecule has 5 nitrogen and oxygen atoms in total. The number of halogens is 4. The van der Waals surface area contributed by atoms with Crippen molar-refractivity contribution in [1.29, 1.82) is 5.41 Å². The third-order valence-corrected chi connectivity index (χ3v) is 4.28. The molecule has 2 rings (SSSR count). The third kappa shape index (κ3) is 6.06. The minimum absolute atomic E-state index is 0.0735. The molecular weight excluding hydrogens is 366 g/mol. The standard InChI is InChI=1S/C18H21F4N3O2/c19-14-4-2-1-3-13(14)11-25(10-12-5-7-27-8-6-12)17(26)15(23)9-16(24)18(20,21)22/h1-4,9,12,24H,5-8,10-11,23H2/b15-9-,24-16?. The van der Waals surface area contributed by atoms with E-state index in [0.717, 1.165) is 0 Å². The Morgan fingerprint density at radius 3 is 2.52 bits per heavy atom. The third-order valence-electron chi connectivity index (χ3n) is 4.28. The normalized spacial score (nSPS) is 16.2. The molecule has 1 saturated heterocycles. The molecule has 1 fully saturated rings. The lowest BCUT2D eigenvalue weighted by Crippen LogP contribution is -2.39. The first kappa shape index (κ1) is 20.9. The van der Waals surface area contributed by atoms with Gasteiger partial charge in [-0.2, -0.15) is 13.2 Å². The van der Waals surface area contributed by atoms with E-state index in [0.29, 0.717) is 32.1 Å². The highest BCUT2D eigenvalue weighted by molar-refractivity contribution is 6.04. The maximum Gasteiger partial charge on any atom is 0.432 e.